The molecule has 0 saturated carbocycles. The minimum Gasteiger partial charge on any atom is -0.368 e. The normalized spacial score (nSPS) is 13.0. The summed E-state index contributed by atoms with van der Waals surface area (Å²) in [5.74, 6) is -4.74. The van der Waals surface area contributed by atoms with E-state index in [4.69, 9.17) is 5.73 Å². The van der Waals surface area contributed by atoms with Gasteiger partial charge in [0.05, 0.1) is 54.2 Å². The van der Waals surface area contributed by atoms with Gasteiger partial charge in [0.25, 0.3) is 0 Å². The summed E-state index contributed by atoms with van der Waals surface area (Å²) in [6, 6.07) is 66.6. The highest BCUT2D eigenvalue weighted by atomic mass is 16.2. The number of nitrogens with zero attached hydrogens (tertiary/aromatic N) is 9. The molecule has 0 radical (unpaired) electrons. The lowest BCUT2D eigenvalue weighted by molar-refractivity contribution is -0.148. The van der Waals surface area contributed by atoms with E-state index in [1.807, 2.05) is 214 Å². The Hall–Kier alpha value is -10.9. The smallest absolute Gasteiger partial charge is 0.247 e. The number of azo groups is 1. The van der Waals surface area contributed by atoms with Crippen molar-refractivity contribution in [2.75, 3.05) is 50.7 Å². The Labute approximate surface area is 550 Å². The molecule has 94 heavy (non-hydrogen) atoms. The number of carbonyl (C=O) groups is 8. The average molecular weight is 1260 g/mol. The van der Waals surface area contributed by atoms with Crippen molar-refractivity contribution >= 4 is 64.3 Å². The van der Waals surface area contributed by atoms with Crippen molar-refractivity contribution in [3.8, 4) is 0 Å². The Morgan fingerprint density at radius 1 is 0.287 bits per heavy atom. The van der Waals surface area contributed by atoms with E-state index in [0.717, 1.165) is 16.7 Å². The molecule has 0 fully saturated rings. The van der Waals surface area contributed by atoms with Gasteiger partial charge < -0.3 is 40.0 Å². The van der Waals surface area contributed by atoms with Crippen LogP contribution in [0.3, 0.4) is 0 Å². The topological polar surface area (TPSA) is 210 Å². The molecule has 0 aliphatic carbocycles. The van der Waals surface area contributed by atoms with E-state index in [1.54, 1.807) is 64.1 Å². The van der Waals surface area contributed by atoms with E-state index in [9.17, 15) is 14.4 Å². The van der Waals surface area contributed by atoms with E-state index in [0.29, 0.717) is 28.1 Å². The van der Waals surface area contributed by atoms with Gasteiger partial charge in [-0.15, -0.1) is 0 Å². The Bertz CT molecular complexity index is 3830. The van der Waals surface area contributed by atoms with Gasteiger partial charge >= 0.3 is 0 Å². The molecule has 0 unspecified atom stereocenters. The number of benzene rings is 8. The maximum absolute atomic E-state index is 15.8. The number of primary amides is 1. The predicted octanol–water partition coefficient (Wildman–Crippen LogP) is 12.5. The van der Waals surface area contributed by atoms with Crippen LogP contribution in [0.1, 0.15) is 118 Å². The maximum Gasteiger partial charge on any atom is 0.247 e. The number of amides is 8. The second kappa shape index (κ2) is 33.4. The zero-order valence-corrected chi connectivity index (χ0v) is 54.3. The first kappa shape index (κ1) is 69.0. The molecule has 6 atom stereocenters. The van der Waals surface area contributed by atoms with E-state index in [2.05, 4.69) is 10.2 Å². The van der Waals surface area contributed by atoms with Crippen molar-refractivity contribution in [1.82, 2.24) is 29.4 Å². The van der Waals surface area contributed by atoms with E-state index >= 15 is 24.0 Å². The first-order chi connectivity index (χ1) is 45.3. The second-order valence-corrected chi connectivity index (χ2v) is 23.3. The van der Waals surface area contributed by atoms with Gasteiger partial charge in [-0.05, 0) is 111 Å². The van der Waals surface area contributed by atoms with E-state index in [1.165, 1.54) is 41.2 Å². The van der Waals surface area contributed by atoms with E-state index < -0.39 is 117 Å². The number of nitrogens with two attached hydrogens (primary N) is 1. The highest BCUT2D eigenvalue weighted by molar-refractivity contribution is 6.02. The van der Waals surface area contributed by atoms with Crippen LogP contribution in [0.2, 0.25) is 0 Å². The monoisotopic (exact) mass is 1260 g/mol. The van der Waals surface area contributed by atoms with Gasteiger partial charge in [0.2, 0.25) is 47.3 Å². The summed E-state index contributed by atoms with van der Waals surface area (Å²) in [4.78, 5) is 128. The molecule has 8 rings (SSSR count). The Balaban J connectivity index is 1.18. The molecule has 2 N–H and O–H groups in total. The first-order valence-electron chi connectivity index (χ1n) is 31.5. The second-order valence-electron chi connectivity index (χ2n) is 23.3. The SMILES string of the molecule is CC(=O)N(CC(=O)N(CC(=O)N(CC(=O)N(CC(=O)N(CC(=O)N(CC(=O)N(CC(N)=O)[C@@H](C)c1ccccc1)[C@@H](C)c1ccccc1)[C@@H](C)c1ccccc1)c1ccc(N=Nc2ccccc2)cc1)[C@@H](C)c1ccccc1)[C@@H](C)c1ccccc1)[C@@H](C)c1ccccc1. The maximum atomic E-state index is 15.8. The summed E-state index contributed by atoms with van der Waals surface area (Å²) in [6.45, 7) is 8.52. The quantitative estimate of drug-likeness (QED) is 0.0445. The molecule has 8 aromatic rings. The summed E-state index contributed by atoms with van der Waals surface area (Å²) in [5, 5.41) is 8.80. The molecule has 8 amide bonds. The minimum absolute atomic E-state index is 0.244. The van der Waals surface area contributed by atoms with Gasteiger partial charge in [0.1, 0.15) is 39.3 Å². The van der Waals surface area contributed by atoms with Gasteiger partial charge in [-0.3, -0.25) is 38.4 Å². The fraction of sp³-hybridized carbons (Fsp3) is 0.263. The molecule has 0 aromatic heterocycles. The number of hydrogen-bond acceptors (Lipinski definition) is 10. The van der Waals surface area contributed by atoms with Crippen LogP contribution in [-0.2, 0) is 38.4 Å². The molecule has 8 aromatic carbocycles. The van der Waals surface area contributed by atoms with Crippen LogP contribution in [0.15, 0.2) is 247 Å². The van der Waals surface area contributed by atoms with Gasteiger partial charge in [0, 0.05) is 12.6 Å². The summed E-state index contributed by atoms with van der Waals surface area (Å²) >= 11 is 0. The molecule has 484 valence electrons. The number of carbonyl (C=O) groups excluding carboxylic acids is 8. The molecular weight excluding hydrogens is 1180 g/mol. The van der Waals surface area contributed by atoms with Crippen molar-refractivity contribution in [3.63, 3.8) is 0 Å². The van der Waals surface area contributed by atoms with Gasteiger partial charge in [-0.1, -0.05) is 200 Å². The van der Waals surface area contributed by atoms with Crippen molar-refractivity contribution in [2.45, 2.75) is 84.7 Å². The van der Waals surface area contributed by atoms with Crippen molar-refractivity contribution in [2.24, 2.45) is 16.0 Å². The highest BCUT2D eigenvalue weighted by Crippen LogP contribution is 2.31. The summed E-state index contributed by atoms with van der Waals surface area (Å²) in [6.07, 6.45) is 0. The van der Waals surface area contributed by atoms with Crippen LogP contribution in [0.4, 0.5) is 17.1 Å². The Morgan fingerprint density at radius 3 is 0.787 bits per heavy atom. The van der Waals surface area contributed by atoms with Crippen LogP contribution >= 0.6 is 0 Å². The Kier molecular flexibility index (Phi) is 24.6. The third-order valence-electron chi connectivity index (χ3n) is 17.2. The predicted molar refractivity (Wildman–Crippen MR) is 364 cm³/mol. The molecule has 18 heteroatoms. The zero-order valence-electron chi connectivity index (χ0n) is 54.3. The lowest BCUT2D eigenvalue weighted by Gasteiger charge is -2.38. The first-order valence-corrected chi connectivity index (χ1v) is 31.5. The zero-order chi connectivity index (χ0) is 67.3. The standard InChI is InChI=1S/C76H82N10O8/c1-54(61-29-15-8-16-30-61)80(60(7)87)48-71(89)82(56(3)63-33-19-10-20-34-63)50-74(92)85(59(6)66-39-25-13-26-40-66)52-76(94)86(69-45-43-68(44-46-69)79-78-67-41-27-14-28-42-67)53-75(93)84(58(5)65-37-23-12-24-38-65)51-73(91)83(57(4)64-35-21-11-22-36-64)49-72(90)81(47-70(77)88)55(2)62-31-17-9-18-32-62/h8-46,54-59H,47-53H2,1-7H3,(H2,77,88)/t54-,55-,56-,57-,58-,59-/m0/s1. The molecular formula is C76H82N10O8. The molecule has 0 aliphatic rings. The summed E-state index contributed by atoms with van der Waals surface area (Å²) < 4.78 is 0. The van der Waals surface area contributed by atoms with Crippen LogP contribution in [-0.4, -0.2) is 122 Å². The highest BCUT2D eigenvalue weighted by Gasteiger charge is 2.37. The lowest BCUT2D eigenvalue weighted by atomic mass is 10.0. The molecule has 0 heterocycles. The molecule has 0 saturated heterocycles. The number of hydrogen-bond donors (Lipinski definition) is 1. The van der Waals surface area contributed by atoms with Gasteiger partial charge in [0.15, 0.2) is 0 Å². The largest absolute Gasteiger partial charge is 0.368 e. The number of anilines is 1. The van der Waals surface area contributed by atoms with Crippen LogP contribution in [0.5, 0.6) is 0 Å². The van der Waals surface area contributed by atoms with E-state index in [-0.39, 0.29) is 18.1 Å². The van der Waals surface area contributed by atoms with Crippen LogP contribution in [0.25, 0.3) is 0 Å². The molecule has 18 nitrogen and oxygen atoms in total. The number of rotatable bonds is 29. The fourth-order valence-electron chi connectivity index (χ4n) is 11.4. The summed E-state index contributed by atoms with van der Waals surface area (Å²) in [5.41, 5.74) is 11.4. The van der Waals surface area contributed by atoms with Crippen molar-refractivity contribution < 1.29 is 38.4 Å². The minimum atomic E-state index is -0.801. The molecule has 0 spiro atoms. The average Bonchev–Trinajstić information content (AvgIpc) is 0.833. The Morgan fingerprint density at radius 2 is 0.511 bits per heavy atom. The van der Waals surface area contributed by atoms with Crippen molar-refractivity contribution in [1.29, 1.82) is 0 Å². The van der Waals surface area contributed by atoms with Gasteiger partial charge in [-0.2, -0.15) is 10.2 Å². The molecule has 0 bridgehead atoms. The van der Waals surface area contributed by atoms with Crippen molar-refractivity contribution in [3.05, 3.63) is 270 Å². The van der Waals surface area contributed by atoms with Crippen LogP contribution in [0, 0.1) is 0 Å². The third-order valence-corrected chi connectivity index (χ3v) is 17.2. The van der Waals surface area contributed by atoms with Crippen LogP contribution < -0.4 is 10.6 Å². The lowest BCUT2D eigenvalue weighted by Crippen LogP contribution is -2.53. The third kappa shape index (κ3) is 18.4. The van der Waals surface area contributed by atoms with Gasteiger partial charge in [-0.25, -0.2) is 0 Å². The summed E-state index contributed by atoms with van der Waals surface area (Å²) in [7, 11) is 0. The molecule has 0 aliphatic heterocycles. The fourth-order valence-corrected chi connectivity index (χ4v) is 11.4.